The number of benzene rings is 2. The molecule has 2 aromatic rings. The van der Waals surface area contributed by atoms with Gasteiger partial charge in [0.1, 0.15) is 0 Å². The molecule has 0 saturated carbocycles. The molecule has 0 aromatic heterocycles. The molecule has 5 nitrogen and oxygen atoms in total. The third-order valence-electron chi connectivity index (χ3n) is 3.03. The van der Waals surface area contributed by atoms with Crippen LogP contribution in [0.3, 0.4) is 0 Å². The number of halogens is 1. The fourth-order valence-electron chi connectivity index (χ4n) is 1.89. The van der Waals surface area contributed by atoms with Crippen LogP contribution in [0.25, 0.3) is 0 Å². The SMILES string of the molecule is CN(C(=O)c1ccc(I)cc1)c1ccc(C(=O)O)cc1N. The van der Waals surface area contributed by atoms with Gasteiger partial charge < -0.3 is 15.7 Å². The van der Waals surface area contributed by atoms with E-state index in [1.807, 2.05) is 12.1 Å². The van der Waals surface area contributed by atoms with Crippen LogP contribution < -0.4 is 10.6 Å². The fraction of sp³-hybridized carbons (Fsp3) is 0.0667. The second kappa shape index (κ2) is 6.13. The van der Waals surface area contributed by atoms with Gasteiger partial charge in [0.05, 0.1) is 16.9 Å². The monoisotopic (exact) mass is 396 g/mol. The van der Waals surface area contributed by atoms with E-state index in [2.05, 4.69) is 22.6 Å². The van der Waals surface area contributed by atoms with E-state index < -0.39 is 5.97 Å². The molecule has 0 heterocycles. The lowest BCUT2D eigenvalue weighted by atomic mass is 10.1. The minimum atomic E-state index is -1.06. The molecular weight excluding hydrogens is 383 g/mol. The number of nitrogens with two attached hydrogens (primary N) is 1. The molecule has 0 bridgehead atoms. The Morgan fingerprint density at radius 3 is 2.19 bits per heavy atom. The van der Waals surface area contributed by atoms with Crippen LogP contribution in [-0.2, 0) is 0 Å². The summed E-state index contributed by atoms with van der Waals surface area (Å²) in [5.41, 5.74) is 7.19. The first-order valence-corrected chi connectivity index (χ1v) is 7.14. The zero-order valence-corrected chi connectivity index (χ0v) is 13.4. The Balaban J connectivity index is 2.31. The van der Waals surface area contributed by atoms with Gasteiger partial charge in [0.25, 0.3) is 5.91 Å². The number of rotatable bonds is 3. The zero-order chi connectivity index (χ0) is 15.6. The van der Waals surface area contributed by atoms with Crippen molar-refractivity contribution in [2.75, 3.05) is 17.7 Å². The normalized spacial score (nSPS) is 10.2. The molecule has 0 saturated heterocycles. The predicted octanol–water partition coefficient (Wildman–Crippen LogP) is 2.85. The molecule has 0 radical (unpaired) electrons. The van der Waals surface area contributed by atoms with Gasteiger partial charge in [-0.2, -0.15) is 0 Å². The third kappa shape index (κ3) is 3.33. The second-order valence-electron chi connectivity index (χ2n) is 4.45. The van der Waals surface area contributed by atoms with E-state index in [4.69, 9.17) is 10.8 Å². The molecule has 3 N–H and O–H groups in total. The molecule has 0 aliphatic heterocycles. The first-order chi connectivity index (χ1) is 9.90. The van der Waals surface area contributed by atoms with E-state index in [1.165, 1.54) is 23.1 Å². The maximum atomic E-state index is 12.4. The number of anilines is 2. The van der Waals surface area contributed by atoms with Crippen LogP contribution in [0.2, 0.25) is 0 Å². The summed E-state index contributed by atoms with van der Waals surface area (Å²) in [6.07, 6.45) is 0. The molecule has 6 heteroatoms. The van der Waals surface area contributed by atoms with Crippen molar-refractivity contribution < 1.29 is 14.7 Å². The average Bonchev–Trinajstić information content (AvgIpc) is 2.46. The summed E-state index contributed by atoms with van der Waals surface area (Å²) in [7, 11) is 1.60. The lowest BCUT2D eigenvalue weighted by molar-refractivity contribution is 0.0697. The molecule has 2 aromatic carbocycles. The number of nitrogen functional groups attached to an aromatic ring is 1. The maximum Gasteiger partial charge on any atom is 0.335 e. The van der Waals surface area contributed by atoms with Crippen molar-refractivity contribution in [3.05, 3.63) is 57.2 Å². The Kier molecular flexibility index (Phi) is 4.46. The van der Waals surface area contributed by atoms with Gasteiger partial charge >= 0.3 is 5.97 Å². The number of aromatic carboxylic acids is 1. The first-order valence-electron chi connectivity index (χ1n) is 6.06. The molecule has 108 valence electrons. The minimum absolute atomic E-state index is 0.0892. The molecule has 2 rings (SSSR count). The summed E-state index contributed by atoms with van der Waals surface area (Å²) in [5.74, 6) is -1.26. The van der Waals surface area contributed by atoms with Gasteiger partial charge in [-0.3, -0.25) is 4.79 Å². The zero-order valence-electron chi connectivity index (χ0n) is 11.2. The standard InChI is InChI=1S/C15H13IN2O3/c1-18(14(19)9-2-5-11(16)6-3-9)13-7-4-10(15(20)21)8-12(13)17/h2-8H,17H2,1H3,(H,20,21). The summed E-state index contributed by atoms with van der Waals surface area (Å²) in [6.45, 7) is 0. The summed E-state index contributed by atoms with van der Waals surface area (Å²) in [6, 6.07) is 11.5. The maximum absolute atomic E-state index is 12.4. The Labute approximate surface area is 135 Å². The summed E-state index contributed by atoms with van der Waals surface area (Å²) >= 11 is 2.16. The molecule has 0 unspecified atom stereocenters. The second-order valence-corrected chi connectivity index (χ2v) is 5.70. The van der Waals surface area contributed by atoms with Gasteiger partial charge in [-0.1, -0.05) is 0 Å². The summed E-state index contributed by atoms with van der Waals surface area (Å²) < 4.78 is 1.04. The van der Waals surface area contributed by atoms with E-state index in [0.717, 1.165) is 3.57 Å². The van der Waals surface area contributed by atoms with Gasteiger partial charge in [0.15, 0.2) is 0 Å². The molecule has 0 spiro atoms. The average molecular weight is 396 g/mol. The van der Waals surface area contributed by atoms with E-state index in [1.54, 1.807) is 19.2 Å². The molecule has 21 heavy (non-hydrogen) atoms. The van der Waals surface area contributed by atoms with Crippen molar-refractivity contribution in [3.63, 3.8) is 0 Å². The number of carboxylic acid groups (broad SMARTS) is 1. The van der Waals surface area contributed by atoms with Crippen LogP contribution in [0.1, 0.15) is 20.7 Å². The van der Waals surface area contributed by atoms with Crippen molar-refractivity contribution in [2.24, 2.45) is 0 Å². The molecule has 0 aliphatic rings. The van der Waals surface area contributed by atoms with E-state index in [9.17, 15) is 9.59 Å². The van der Waals surface area contributed by atoms with Gasteiger partial charge in [0.2, 0.25) is 0 Å². The quantitative estimate of drug-likeness (QED) is 0.618. The van der Waals surface area contributed by atoms with Crippen LogP contribution in [0, 0.1) is 3.57 Å². The third-order valence-corrected chi connectivity index (χ3v) is 3.75. The van der Waals surface area contributed by atoms with Crippen LogP contribution in [0.5, 0.6) is 0 Å². The highest BCUT2D eigenvalue weighted by Crippen LogP contribution is 2.25. The van der Waals surface area contributed by atoms with Gasteiger partial charge in [-0.05, 0) is 65.1 Å². The number of amides is 1. The van der Waals surface area contributed by atoms with Crippen LogP contribution in [-0.4, -0.2) is 24.0 Å². The Morgan fingerprint density at radius 1 is 1.10 bits per heavy atom. The largest absolute Gasteiger partial charge is 0.478 e. The highest BCUT2D eigenvalue weighted by atomic mass is 127. The topological polar surface area (TPSA) is 83.6 Å². The van der Waals surface area contributed by atoms with Crippen LogP contribution in [0.15, 0.2) is 42.5 Å². The summed E-state index contributed by atoms with van der Waals surface area (Å²) in [5, 5.41) is 8.92. The number of nitrogens with zero attached hydrogens (tertiary/aromatic N) is 1. The smallest absolute Gasteiger partial charge is 0.335 e. The van der Waals surface area contributed by atoms with Crippen molar-refractivity contribution in [1.29, 1.82) is 0 Å². The minimum Gasteiger partial charge on any atom is -0.478 e. The summed E-state index contributed by atoms with van der Waals surface area (Å²) in [4.78, 5) is 24.7. The number of carbonyl (C=O) groups excluding carboxylic acids is 1. The fourth-order valence-corrected chi connectivity index (χ4v) is 2.25. The van der Waals surface area contributed by atoms with Crippen LogP contribution >= 0.6 is 22.6 Å². The molecule has 0 atom stereocenters. The van der Waals surface area contributed by atoms with Gasteiger partial charge in [-0.25, -0.2) is 4.79 Å². The van der Waals surface area contributed by atoms with Gasteiger partial charge in [0, 0.05) is 16.2 Å². The van der Waals surface area contributed by atoms with E-state index in [0.29, 0.717) is 11.3 Å². The van der Waals surface area contributed by atoms with E-state index >= 15 is 0 Å². The molecule has 0 aliphatic carbocycles. The van der Waals surface area contributed by atoms with Gasteiger partial charge in [-0.15, -0.1) is 0 Å². The Bertz CT molecular complexity index is 699. The molecular formula is C15H13IN2O3. The van der Waals surface area contributed by atoms with Crippen LogP contribution in [0.4, 0.5) is 11.4 Å². The van der Waals surface area contributed by atoms with Crippen molar-refractivity contribution in [2.45, 2.75) is 0 Å². The molecule has 0 fully saturated rings. The van der Waals surface area contributed by atoms with Crippen molar-refractivity contribution in [1.82, 2.24) is 0 Å². The van der Waals surface area contributed by atoms with Crippen molar-refractivity contribution >= 4 is 45.8 Å². The highest BCUT2D eigenvalue weighted by molar-refractivity contribution is 14.1. The Hall–Kier alpha value is -2.09. The number of hydrogen-bond donors (Lipinski definition) is 2. The van der Waals surface area contributed by atoms with Crippen molar-refractivity contribution in [3.8, 4) is 0 Å². The predicted molar refractivity (Wildman–Crippen MR) is 89.7 cm³/mol. The molecule has 1 amide bonds. The lowest BCUT2D eigenvalue weighted by Gasteiger charge is -2.19. The number of hydrogen-bond acceptors (Lipinski definition) is 3. The first kappa shape index (κ1) is 15.3. The number of carbonyl (C=O) groups is 2. The lowest BCUT2D eigenvalue weighted by Crippen LogP contribution is -2.27. The van der Waals surface area contributed by atoms with E-state index in [-0.39, 0.29) is 17.2 Å². The Morgan fingerprint density at radius 2 is 1.67 bits per heavy atom. The highest BCUT2D eigenvalue weighted by Gasteiger charge is 2.16. The number of carboxylic acids is 1.